The van der Waals surface area contributed by atoms with Gasteiger partial charge >= 0.3 is 0 Å². The first kappa shape index (κ1) is 17.9. The quantitative estimate of drug-likeness (QED) is 0.667. The predicted octanol–water partition coefficient (Wildman–Crippen LogP) is 1.80. The summed E-state index contributed by atoms with van der Waals surface area (Å²) < 4.78 is 7.36. The number of imidazole rings is 1. The molecule has 1 aliphatic heterocycles. The molecular formula is C18H22N6O2S. The first-order chi connectivity index (χ1) is 13.2. The fraction of sp³-hybridized carbons (Fsp3) is 0.444. The number of nitrogens with zero attached hydrogens (tertiary/aromatic N) is 5. The number of hydrogen-bond acceptors (Lipinski definition) is 7. The zero-order valence-electron chi connectivity index (χ0n) is 15.2. The standard InChI is InChI=1S/C18H22N6O2S/c1-23(17(25)8-14-10-24-5-7-27-18(24)22-14)4-3-19-16-9-15(20-12-21-16)13-2-6-26-11-13/h5,7,9-10,12-13H,2-4,6,8,11H2,1H3,(H,19,20,21)/t13-/m0/s1. The second-order valence-electron chi connectivity index (χ2n) is 6.63. The summed E-state index contributed by atoms with van der Waals surface area (Å²) in [7, 11) is 1.81. The predicted molar refractivity (Wildman–Crippen MR) is 103 cm³/mol. The van der Waals surface area contributed by atoms with Gasteiger partial charge in [-0.15, -0.1) is 11.3 Å². The lowest BCUT2D eigenvalue weighted by atomic mass is 10.1. The summed E-state index contributed by atoms with van der Waals surface area (Å²) in [6.07, 6.45) is 6.74. The summed E-state index contributed by atoms with van der Waals surface area (Å²) >= 11 is 1.56. The Hall–Kier alpha value is -2.52. The van der Waals surface area contributed by atoms with Gasteiger partial charge in [-0.25, -0.2) is 15.0 Å². The van der Waals surface area contributed by atoms with Gasteiger partial charge in [0.25, 0.3) is 0 Å². The smallest absolute Gasteiger partial charge is 0.228 e. The third-order valence-corrected chi connectivity index (χ3v) is 5.46. The van der Waals surface area contributed by atoms with Crippen LogP contribution in [0.1, 0.15) is 23.7 Å². The van der Waals surface area contributed by atoms with Crippen LogP contribution in [-0.2, 0) is 16.0 Å². The number of hydrogen-bond donors (Lipinski definition) is 1. The Morgan fingerprint density at radius 1 is 1.48 bits per heavy atom. The molecule has 1 atom stereocenters. The van der Waals surface area contributed by atoms with E-state index in [4.69, 9.17) is 4.74 Å². The van der Waals surface area contributed by atoms with E-state index in [1.54, 1.807) is 22.6 Å². The molecule has 0 aromatic carbocycles. The summed E-state index contributed by atoms with van der Waals surface area (Å²) in [5.74, 6) is 1.18. The van der Waals surface area contributed by atoms with E-state index in [-0.39, 0.29) is 5.91 Å². The van der Waals surface area contributed by atoms with Crippen LogP contribution in [0.25, 0.3) is 4.96 Å². The summed E-state index contributed by atoms with van der Waals surface area (Å²) in [5.41, 5.74) is 1.81. The second-order valence-corrected chi connectivity index (χ2v) is 7.51. The van der Waals surface area contributed by atoms with Gasteiger partial charge in [-0.1, -0.05) is 0 Å². The summed E-state index contributed by atoms with van der Waals surface area (Å²) in [5, 5.41) is 5.25. The number of fused-ring (bicyclic) bond motifs is 1. The molecule has 3 aromatic rings. The highest BCUT2D eigenvalue weighted by molar-refractivity contribution is 7.15. The first-order valence-corrected chi connectivity index (χ1v) is 9.85. The van der Waals surface area contributed by atoms with Gasteiger partial charge in [0.1, 0.15) is 12.1 Å². The van der Waals surface area contributed by atoms with Crippen molar-refractivity contribution in [3.8, 4) is 0 Å². The lowest BCUT2D eigenvalue weighted by Crippen LogP contribution is -2.32. The van der Waals surface area contributed by atoms with Crippen LogP contribution in [0.5, 0.6) is 0 Å². The van der Waals surface area contributed by atoms with E-state index in [1.807, 2.05) is 35.3 Å². The largest absolute Gasteiger partial charge is 0.381 e. The lowest BCUT2D eigenvalue weighted by molar-refractivity contribution is -0.129. The maximum Gasteiger partial charge on any atom is 0.228 e. The molecule has 4 rings (SSSR count). The van der Waals surface area contributed by atoms with Crippen molar-refractivity contribution in [2.75, 3.05) is 38.7 Å². The third kappa shape index (κ3) is 4.25. The zero-order chi connectivity index (χ0) is 18.6. The summed E-state index contributed by atoms with van der Waals surface area (Å²) in [6, 6.07) is 1.97. The number of anilines is 1. The molecule has 3 aromatic heterocycles. The summed E-state index contributed by atoms with van der Waals surface area (Å²) in [6.45, 7) is 2.73. The number of thiazole rings is 1. The molecule has 1 fully saturated rings. The molecule has 1 amide bonds. The minimum absolute atomic E-state index is 0.0500. The molecule has 1 saturated heterocycles. The van der Waals surface area contributed by atoms with Crippen LogP contribution < -0.4 is 5.32 Å². The van der Waals surface area contributed by atoms with Crippen molar-refractivity contribution in [1.82, 2.24) is 24.3 Å². The van der Waals surface area contributed by atoms with Gasteiger partial charge in [-0.2, -0.15) is 0 Å². The minimum atomic E-state index is 0.0500. The number of likely N-dealkylation sites (N-methyl/N-ethyl adjacent to an activating group) is 1. The van der Waals surface area contributed by atoms with Crippen LogP contribution in [0.15, 0.2) is 30.2 Å². The highest BCUT2D eigenvalue weighted by Gasteiger charge is 2.19. The number of nitrogens with one attached hydrogen (secondary N) is 1. The lowest BCUT2D eigenvalue weighted by Gasteiger charge is -2.17. The van der Waals surface area contributed by atoms with Crippen LogP contribution in [0.4, 0.5) is 5.82 Å². The van der Waals surface area contributed by atoms with Crippen molar-refractivity contribution in [2.45, 2.75) is 18.8 Å². The molecule has 0 aliphatic carbocycles. The van der Waals surface area contributed by atoms with Crippen molar-refractivity contribution in [1.29, 1.82) is 0 Å². The monoisotopic (exact) mass is 386 g/mol. The fourth-order valence-electron chi connectivity index (χ4n) is 3.09. The van der Waals surface area contributed by atoms with E-state index in [1.165, 1.54) is 0 Å². The van der Waals surface area contributed by atoms with E-state index in [2.05, 4.69) is 20.3 Å². The molecule has 0 saturated carbocycles. The molecule has 1 aliphatic rings. The maximum atomic E-state index is 12.4. The zero-order valence-corrected chi connectivity index (χ0v) is 16.0. The molecular weight excluding hydrogens is 364 g/mol. The normalized spacial score (nSPS) is 16.7. The Bertz CT molecular complexity index is 889. The van der Waals surface area contributed by atoms with E-state index < -0.39 is 0 Å². The van der Waals surface area contributed by atoms with Gasteiger partial charge in [-0.3, -0.25) is 9.20 Å². The number of aromatic nitrogens is 4. The fourth-order valence-corrected chi connectivity index (χ4v) is 3.81. The van der Waals surface area contributed by atoms with E-state index in [0.717, 1.165) is 41.8 Å². The van der Waals surface area contributed by atoms with Gasteiger partial charge in [0, 0.05) is 56.5 Å². The summed E-state index contributed by atoms with van der Waals surface area (Å²) in [4.78, 5) is 28.1. The maximum absolute atomic E-state index is 12.4. The molecule has 8 nitrogen and oxygen atoms in total. The van der Waals surface area contributed by atoms with Crippen LogP contribution in [0, 0.1) is 0 Å². The van der Waals surface area contributed by atoms with Crippen molar-refractivity contribution in [3.05, 3.63) is 41.6 Å². The molecule has 0 bridgehead atoms. The Morgan fingerprint density at radius 2 is 2.41 bits per heavy atom. The number of rotatable bonds is 7. The van der Waals surface area contributed by atoms with E-state index >= 15 is 0 Å². The average Bonchev–Trinajstić information content (AvgIpc) is 3.39. The van der Waals surface area contributed by atoms with Crippen molar-refractivity contribution >= 4 is 28.0 Å². The number of ether oxygens (including phenoxy) is 1. The van der Waals surface area contributed by atoms with Crippen molar-refractivity contribution < 1.29 is 9.53 Å². The van der Waals surface area contributed by atoms with Gasteiger partial charge in [0.05, 0.1) is 24.4 Å². The Labute approximate surface area is 161 Å². The second kappa shape index (κ2) is 8.01. The van der Waals surface area contributed by atoms with Gasteiger partial charge < -0.3 is 15.0 Å². The Balaban J connectivity index is 1.26. The topological polar surface area (TPSA) is 84.6 Å². The van der Waals surface area contributed by atoms with E-state index in [0.29, 0.717) is 25.4 Å². The molecule has 1 N–H and O–H groups in total. The van der Waals surface area contributed by atoms with Gasteiger partial charge in [0.2, 0.25) is 5.91 Å². The molecule has 0 unspecified atom stereocenters. The molecule has 0 spiro atoms. The van der Waals surface area contributed by atoms with Crippen molar-refractivity contribution in [2.24, 2.45) is 0 Å². The molecule has 9 heteroatoms. The average molecular weight is 386 g/mol. The molecule has 0 radical (unpaired) electrons. The molecule has 27 heavy (non-hydrogen) atoms. The number of amides is 1. The highest BCUT2D eigenvalue weighted by atomic mass is 32.1. The highest BCUT2D eigenvalue weighted by Crippen LogP contribution is 2.24. The minimum Gasteiger partial charge on any atom is -0.381 e. The van der Waals surface area contributed by atoms with Crippen LogP contribution in [-0.4, -0.2) is 63.5 Å². The van der Waals surface area contributed by atoms with Crippen LogP contribution in [0.3, 0.4) is 0 Å². The molecule has 4 heterocycles. The van der Waals surface area contributed by atoms with Crippen molar-refractivity contribution in [3.63, 3.8) is 0 Å². The first-order valence-electron chi connectivity index (χ1n) is 8.97. The third-order valence-electron chi connectivity index (χ3n) is 4.69. The molecule has 142 valence electrons. The number of carbonyl (C=O) groups excluding carboxylic acids is 1. The van der Waals surface area contributed by atoms with E-state index in [9.17, 15) is 4.79 Å². The number of carbonyl (C=O) groups is 1. The van der Waals surface area contributed by atoms with Crippen LogP contribution >= 0.6 is 11.3 Å². The van der Waals surface area contributed by atoms with Gasteiger partial charge in [0.15, 0.2) is 4.96 Å². The Morgan fingerprint density at radius 3 is 3.22 bits per heavy atom. The van der Waals surface area contributed by atoms with Crippen LogP contribution in [0.2, 0.25) is 0 Å². The Kier molecular flexibility index (Phi) is 5.30. The van der Waals surface area contributed by atoms with Gasteiger partial charge in [-0.05, 0) is 6.42 Å². The SMILES string of the molecule is CN(CCNc1cc([C@H]2CCOC2)ncn1)C(=O)Cc1cn2ccsc2n1.